The summed E-state index contributed by atoms with van der Waals surface area (Å²) < 4.78 is 45.0. The number of benzene rings is 2. The molecular formula is C27H39FN2O4S. The molecule has 194 valence electrons. The number of nitrogen functional groups attached to an aromatic ring is 1. The number of methoxy groups -OCH3 is 1. The van der Waals surface area contributed by atoms with Gasteiger partial charge in [0.2, 0.25) is 0 Å². The molecule has 8 heteroatoms. The maximum absolute atomic E-state index is 14.5. The van der Waals surface area contributed by atoms with Crippen molar-refractivity contribution in [2.24, 2.45) is 5.92 Å². The first-order valence-corrected chi connectivity index (χ1v) is 14.0. The monoisotopic (exact) mass is 506 g/mol. The van der Waals surface area contributed by atoms with Crippen LogP contribution in [-0.4, -0.2) is 50.9 Å². The molecule has 1 aliphatic heterocycles. The lowest BCUT2D eigenvalue weighted by Gasteiger charge is -2.35. The van der Waals surface area contributed by atoms with Gasteiger partial charge in [-0.3, -0.25) is 0 Å². The van der Waals surface area contributed by atoms with Gasteiger partial charge in [-0.15, -0.1) is 0 Å². The van der Waals surface area contributed by atoms with Crippen LogP contribution in [-0.2, 0) is 39.4 Å². The highest BCUT2D eigenvalue weighted by Gasteiger charge is 2.39. The van der Waals surface area contributed by atoms with Crippen molar-refractivity contribution in [3.63, 3.8) is 0 Å². The van der Waals surface area contributed by atoms with E-state index in [-0.39, 0.29) is 29.0 Å². The summed E-state index contributed by atoms with van der Waals surface area (Å²) in [7, 11) is -1.77. The van der Waals surface area contributed by atoms with Crippen molar-refractivity contribution in [1.29, 1.82) is 0 Å². The van der Waals surface area contributed by atoms with Crippen molar-refractivity contribution >= 4 is 15.5 Å². The second-order valence-electron chi connectivity index (χ2n) is 10.7. The van der Waals surface area contributed by atoms with Gasteiger partial charge >= 0.3 is 0 Å². The number of sulfone groups is 1. The van der Waals surface area contributed by atoms with Crippen LogP contribution in [0.25, 0.3) is 0 Å². The number of hydrogen-bond acceptors (Lipinski definition) is 6. The van der Waals surface area contributed by atoms with Crippen molar-refractivity contribution in [2.45, 2.75) is 64.1 Å². The van der Waals surface area contributed by atoms with Gasteiger partial charge in [-0.2, -0.15) is 0 Å². The predicted octanol–water partition coefficient (Wildman–Crippen LogP) is 3.39. The number of aliphatic hydroxyl groups is 1. The first-order valence-electron chi connectivity index (χ1n) is 12.2. The Morgan fingerprint density at radius 2 is 1.91 bits per heavy atom. The van der Waals surface area contributed by atoms with Crippen LogP contribution in [0.2, 0.25) is 0 Å². The van der Waals surface area contributed by atoms with Gasteiger partial charge < -0.3 is 20.9 Å². The highest BCUT2D eigenvalue weighted by molar-refractivity contribution is 7.91. The van der Waals surface area contributed by atoms with Crippen LogP contribution in [0, 0.1) is 11.7 Å². The number of hydrogen-bond donors (Lipinski definition) is 3. The fourth-order valence-corrected chi connectivity index (χ4v) is 6.69. The van der Waals surface area contributed by atoms with Crippen molar-refractivity contribution in [1.82, 2.24) is 5.32 Å². The van der Waals surface area contributed by atoms with E-state index in [0.29, 0.717) is 37.1 Å². The molecule has 0 radical (unpaired) electrons. The van der Waals surface area contributed by atoms with E-state index in [0.717, 1.165) is 5.56 Å². The molecule has 0 unspecified atom stereocenters. The molecule has 1 aliphatic rings. The molecule has 3 atom stereocenters. The maximum atomic E-state index is 14.5. The minimum absolute atomic E-state index is 0.00552. The van der Waals surface area contributed by atoms with Gasteiger partial charge in [0, 0.05) is 32.2 Å². The first kappa shape index (κ1) is 27.6. The van der Waals surface area contributed by atoms with Gasteiger partial charge in [0.05, 0.1) is 23.3 Å². The number of halogens is 1. The van der Waals surface area contributed by atoms with Crippen LogP contribution in [0.3, 0.4) is 0 Å². The molecule has 0 amide bonds. The SMILES string of the molecule is COCCCc1cc(C[C@@H]2CS(=O)(=O)C[C@H](NCc3cccc(C(C)(C)C)c3)[C@H]2O)cc(F)c1N. The summed E-state index contributed by atoms with van der Waals surface area (Å²) in [5, 5.41) is 14.4. The van der Waals surface area contributed by atoms with Crippen molar-refractivity contribution in [3.05, 3.63) is 64.5 Å². The Labute approximate surface area is 209 Å². The zero-order chi connectivity index (χ0) is 25.8. The van der Waals surface area contributed by atoms with E-state index in [1.165, 1.54) is 11.6 Å². The summed E-state index contributed by atoms with van der Waals surface area (Å²) in [5.41, 5.74) is 9.58. The smallest absolute Gasteiger partial charge is 0.152 e. The molecule has 1 fully saturated rings. The topological polar surface area (TPSA) is 102 Å². The largest absolute Gasteiger partial charge is 0.396 e. The van der Waals surface area contributed by atoms with Crippen LogP contribution in [0.5, 0.6) is 0 Å². The molecule has 0 saturated carbocycles. The Balaban J connectivity index is 1.74. The zero-order valence-corrected chi connectivity index (χ0v) is 22.0. The van der Waals surface area contributed by atoms with Crippen LogP contribution < -0.4 is 11.1 Å². The second kappa shape index (κ2) is 11.4. The number of aliphatic hydroxyl groups excluding tert-OH is 1. The van der Waals surface area contributed by atoms with Crippen molar-refractivity contribution in [2.75, 3.05) is 31.0 Å². The predicted molar refractivity (Wildman–Crippen MR) is 139 cm³/mol. The molecule has 0 spiro atoms. The Kier molecular flexibility index (Phi) is 8.96. The van der Waals surface area contributed by atoms with E-state index in [1.54, 1.807) is 7.11 Å². The van der Waals surface area contributed by atoms with Gasteiger partial charge in [0.25, 0.3) is 0 Å². The summed E-state index contributed by atoms with van der Waals surface area (Å²) in [4.78, 5) is 0. The third-order valence-electron chi connectivity index (χ3n) is 6.73. The van der Waals surface area contributed by atoms with E-state index in [4.69, 9.17) is 10.5 Å². The highest BCUT2D eigenvalue weighted by atomic mass is 32.2. The van der Waals surface area contributed by atoms with Crippen LogP contribution >= 0.6 is 0 Å². The third kappa shape index (κ3) is 7.49. The summed E-state index contributed by atoms with van der Waals surface area (Å²) in [6.45, 7) is 7.42. The second-order valence-corrected chi connectivity index (χ2v) is 12.9. The maximum Gasteiger partial charge on any atom is 0.152 e. The van der Waals surface area contributed by atoms with Gasteiger partial charge in [-0.25, -0.2) is 12.8 Å². The van der Waals surface area contributed by atoms with Crippen LogP contribution in [0.15, 0.2) is 36.4 Å². The molecule has 1 heterocycles. The number of ether oxygens (including phenoxy) is 1. The first-order chi connectivity index (χ1) is 16.4. The molecule has 3 rings (SSSR count). The van der Waals surface area contributed by atoms with E-state index in [1.807, 2.05) is 18.2 Å². The Hall–Kier alpha value is -2.00. The van der Waals surface area contributed by atoms with E-state index >= 15 is 0 Å². The molecule has 6 nitrogen and oxygen atoms in total. The molecule has 1 saturated heterocycles. The highest BCUT2D eigenvalue weighted by Crippen LogP contribution is 2.28. The lowest BCUT2D eigenvalue weighted by molar-refractivity contribution is 0.0780. The molecule has 4 N–H and O–H groups in total. The third-order valence-corrected chi connectivity index (χ3v) is 8.53. The number of rotatable bonds is 9. The summed E-state index contributed by atoms with van der Waals surface area (Å²) in [5.74, 6) is -1.31. The number of nitrogens with two attached hydrogens (primary N) is 1. The quantitative estimate of drug-likeness (QED) is 0.356. The Bertz CT molecular complexity index is 1110. The van der Waals surface area contributed by atoms with Crippen molar-refractivity contribution < 1.29 is 22.7 Å². The van der Waals surface area contributed by atoms with E-state index in [9.17, 15) is 17.9 Å². The summed E-state index contributed by atoms with van der Waals surface area (Å²) in [6.07, 6.45) is 0.647. The minimum atomic E-state index is -3.37. The fraction of sp³-hybridized carbons (Fsp3) is 0.556. The Morgan fingerprint density at radius 1 is 1.17 bits per heavy atom. The standard InChI is InChI=1S/C27H39FN2O4S/c1-27(2,3)22-9-5-7-18(13-22)15-30-24-17-35(32,33)16-21(26(24)31)12-19-11-20(8-6-10-34-4)25(29)23(28)14-19/h5,7,9,11,13-14,21,24,26,30-31H,6,8,10,12,15-17,29H2,1-4H3/t21-,24+,26+/m1/s1. The van der Waals surface area contributed by atoms with Gasteiger partial charge in [0.1, 0.15) is 5.82 Å². The molecule has 0 aromatic heterocycles. The molecule has 0 bridgehead atoms. The molecule has 2 aromatic rings. The van der Waals surface area contributed by atoms with Crippen LogP contribution in [0.4, 0.5) is 10.1 Å². The van der Waals surface area contributed by atoms with E-state index in [2.05, 4.69) is 38.2 Å². The normalized spacial score (nSPS) is 22.3. The molecule has 35 heavy (non-hydrogen) atoms. The zero-order valence-electron chi connectivity index (χ0n) is 21.2. The van der Waals surface area contributed by atoms with E-state index < -0.39 is 33.7 Å². The van der Waals surface area contributed by atoms with Gasteiger partial charge in [0.15, 0.2) is 9.84 Å². The molecular weight excluding hydrogens is 467 g/mol. The summed E-state index contributed by atoms with van der Waals surface area (Å²) in [6, 6.07) is 10.7. The van der Waals surface area contributed by atoms with Crippen molar-refractivity contribution in [3.8, 4) is 0 Å². The number of anilines is 1. The van der Waals surface area contributed by atoms with Gasteiger partial charge in [-0.1, -0.05) is 51.1 Å². The van der Waals surface area contributed by atoms with Crippen LogP contribution in [0.1, 0.15) is 49.4 Å². The minimum Gasteiger partial charge on any atom is -0.396 e. The number of aryl methyl sites for hydroxylation is 1. The average Bonchev–Trinajstić information content (AvgIpc) is 2.77. The molecule has 0 aliphatic carbocycles. The summed E-state index contributed by atoms with van der Waals surface area (Å²) >= 11 is 0. The number of nitrogens with one attached hydrogen (secondary N) is 1. The average molecular weight is 507 g/mol. The molecule has 2 aromatic carbocycles. The lowest BCUT2D eigenvalue weighted by atomic mass is 9.86. The fourth-order valence-electron chi connectivity index (χ4n) is 4.72. The Morgan fingerprint density at radius 3 is 2.60 bits per heavy atom. The van der Waals surface area contributed by atoms with Gasteiger partial charge in [-0.05, 0) is 53.0 Å². The lowest BCUT2D eigenvalue weighted by Crippen LogP contribution is -2.54.